The minimum Gasteiger partial charge on any atom is -0.465 e. The molecule has 0 radical (unpaired) electrons. The number of rotatable bonds is 2. The molecule has 0 spiro atoms. The smallest absolute Gasteiger partial charge is 0.407 e. The lowest BCUT2D eigenvalue weighted by Crippen LogP contribution is -2.56. The molecule has 0 aliphatic carbocycles. The van der Waals surface area contributed by atoms with Gasteiger partial charge in [0.05, 0.1) is 0 Å². The van der Waals surface area contributed by atoms with Crippen molar-refractivity contribution in [3.05, 3.63) is 35.9 Å². The summed E-state index contributed by atoms with van der Waals surface area (Å²) in [5.41, 5.74) is 0.510. The fourth-order valence-corrected chi connectivity index (χ4v) is 3.30. The molecule has 2 amide bonds. The quantitative estimate of drug-likeness (QED) is 0.910. The van der Waals surface area contributed by atoms with Crippen LogP contribution < -0.4 is 0 Å². The zero-order chi connectivity index (χ0) is 17.2. The van der Waals surface area contributed by atoms with E-state index in [0.29, 0.717) is 24.9 Å². The second-order valence-corrected chi connectivity index (χ2v) is 7.32. The van der Waals surface area contributed by atoms with Gasteiger partial charge < -0.3 is 14.9 Å². The Labute approximate surface area is 137 Å². The lowest BCUT2D eigenvalue weighted by atomic mass is 9.79. The van der Waals surface area contributed by atoms with Crippen LogP contribution in [0.3, 0.4) is 0 Å². The van der Waals surface area contributed by atoms with Gasteiger partial charge in [0.1, 0.15) is 0 Å². The molecular weight excluding hydrogens is 292 g/mol. The maximum Gasteiger partial charge on any atom is 0.407 e. The van der Waals surface area contributed by atoms with Crippen molar-refractivity contribution in [2.75, 3.05) is 13.6 Å². The van der Waals surface area contributed by atoms with Gasteiger partial charge in [0.2, 0.25) is 0 Å². The van der Waals surface area contributed by atoms with E-state index in [-0.39, 0.29) is 23.4 Å². The number of hydrogen-bond donors (Lipinski definition) is 1. The van der Waals surface area contributed by atoms with Crippen molar-refractivity contribution in [3.8, 4) is 0 Å². The summed E-state index contributed by atoms with van der Waals surface area (Å²) in [6.07, 6.45) is 0.471. The van der Waals surface area contributed by atoms with Crippen LogP contribution in [-0.4, -0.2) is 52.6 Å². The van der Waals surface area contributed by atoms with Crippen LogP contribution in [0.5, 0.6) is 0 Å². The largest absolute Gasteiger partial charge is 0.465 e. The Kier molecular flexibility index (Phi) is 4.97. The van der Waals surface area contributed by atoms with Gasteiger partial charge in [-0.3, -0.25) is 4.79 Å². The van der Waals surface area contributed by atoms with Crippen LogP contribution in [0.1, 0.15) is 44.0 Å². The molecule has 1 aliphatic rings. The molecule has 23 heavy (non-hydrogen) atoms. The van der Waals surface area contributed by atoms with Crippen LogP contribution in [-0.2, 0) is 0 Å². The molecule has 5 heteroatoms. The highest BCUT2D eigenvalue weighted by atomic mass is 16.4. The molecule has 126 valence electrons. The van der Waals surface area contributed by atoms with Crippen LogP contribution in [0.15, 0.2) is 30.3 Å². The van der Waals surface area contributed by atoms with E-state index in [1.54, 1.807) is 4.90 Å². The van der Waals surface area contributed by atoms with Gasteiger partial charge in [0, 0.05) is 31.2 Å². The van der Waals surface area contributed by atoms with E-state index < -0.39 is 6.09 Å². The first kappa shape index (κ1) is 17.3. The molecule has 1 aliphatic heterocycles. The Hall–Kier alpha value is -2.04. The third kappa shape index (κ3) is 3.84. The minimum absolute atomic E-state index is 0.00738. The first-order valence-electron chi connectivity index (χ1n) is 8.03. The molecule has 0 saturated carbocycles. The molecule has 1 N–H and O–H groups in total. The third-order valence-electron chi connectivity index (χ3n) is 4.71. The number of amides is 2. The third-order valence-corrected chi connectivity index (χ3v) is 4.71. The van der Waals surface area contributed by atoms with Gasteiger partial charge in [-0.25, -0.2) is 4.79 Å². The standard InChI is InChI=1S/C18H26N2O3/c1-18(2,3)15-12-14(10-11-20(15)17(22)23)19(4)16(21)13-8-6-5-7-9-13/h5-9,14-15H,10-12H2,1-4H3,(H,22,23). The Bertz CT molecular complexity index is 565. The summed E-state index contributed by atoms with van der Waals surface area (Å²) in [7, 11) is 1.82. The zero-order valence-corrected chi connectivity index (χ0v) is 14.3. The number of likely N-dealkylation sites (tertiary alicyclic amines) is 1. The predicted molar refractivity (Wildman–Crippen MR) is 89.5 cm³/mol. The molecule has 2 atom stereocenters. The lowest BCUT2D eigenvalue weighted by molar-refractivity contribution is 0.0245. The second kappa shape index (κ2) is 6.60. The van der Waals surface area contributed by atoms with Crippen molar-refractivity contribution in [2.45, 2.75) is 45.7 Å². The summed E-state index contributed by atoms with van der Waals surface area (Å²) in [4.78, 5) is 27.4. The molecule has 0 bridgehead atoms. The molecule has 5 nitrogen and oxygen atoms in total. The Morgan fingerprint density at radius 3 is 2.35 bits per heavy atom. The first-order chi connectivity index (χ1) is 10.7. The topological polar surface area (TPSA) is 60.9 Å². The Balaban J connectivity index is 2.15. The van der Waals surface area contributed by atoms with Crippen LogP contribution in [0.4, 0.5) is 4.79 Å². The van der Waals surface area contributed by atoms with E-state index in [4.69, 9.17) is 0 Å². The number of carboxylic acid groups (broad SMARTS) is 1. The van der Waals surface area contributed by atoms with Crippen LogP contribution in [0.25, 0.3) is 0 Å². The number of hydrogen-bond acceptors (Lipinski definition) is 2. The van der Waals surface area contributed by atoms with Gasteiger partial charge in [-0.05, 0) is 30.4 Å². The number of nitrogens with zero attached hydrogens (tertiary/aromatic N) is 2. The number of piperidine rings is 1. The molecule has 1 fully saturated rings. The van der Waals surface area contributed by atoms with E-state index in [2.05, 4.69) is 20.8 Å². The molecular formula is C18H26N2O3. The zero-order valence-electron chi connectivity index (χ0n) is 14.3. The molecule has 2 rings (SSSR count). The summed E-state index contributed by atoms with van der Waals surface area (Å²) in [5.74, 6) is -0.00738. The van der Waals surface area contributed by atoms with E-state index in [1.807, 2.05) is 37.4 Å². The molecule has 0 aromatic heterocycles. The molecule has 1 heterocycles. The van der Waals surface area contributed by atoms with E-state index in [0.717, 1.165) is 0 Å². The molecule has 1 aromatic rings. The SMILES string of the molecule is CN(C(=O)c1ccccc1)C1CCN(C(=O)O)C(C(C)(C)C)C1. The fourth-order valence-electron chi connectivity index (χ4n) is 3.30. The maximum atomic E-state index is 12.6. The second-order valence-electron chi connectivity index (χ2n) is 7.32. The van der Waals surface area contributed by atoms with Gasteiger partial charge in [-0.15, -0.1) is 0 Å². The van der Waals surface area contributed by atoms with Gasteiger partial charge >= 0.3 is 6.09 Å². The summed E-state index contributed by atoms with van der Waals surface area (Å²) in [5, 5.41) is 9.43. The minimum atomic E-state index is -0.875. The summed E-state index contributed by atoms with van der Waals surface area (Å²) in [6.45, 7) is 6.62. The Morgan fingerprint density at radius 2 is 1.83 bits per heavy atom. The molecule has 2 unspecified atom stereocenters. The van der Waals surface area contributed by atoms with Gasteiger partial charge in [-0.2, -0.15) is 0 Å². The van der Waals surface area contributed by atoms with Crippen LogP contribution >= 0.6 is 0 Å². The summed E-state index contributed by atoms with van der Waals surface area (Å²) in [6, 6.07) is 9.18. The molecule has 1 aromatic carbocycles. The average molecular weight is 318 g/mol. The van der Waals surface area contributed by atoms with E-state index in [1.165, 1.54) is 4.90 Å². The fraction of sp³-hybridized carbons (Fsp3) is 0.556. The normalized spacial score (nSPS) is 21.8. The first-order valence-corrected chi connectivity index (χ1v) is 8.03. The number of benzene rings is 1. The summed E-state index contributed by atoms with van der Waals surface area (Å²) < 4.78 is 0. The van der Waals surface area contributed by atoms with Crippen molar-refractivity contribution >= 4 is 12.0 Å². The van der Waals surface area contributed by atoms with Crippen LogP contribution in [0.2, 0.25) is 0 Å². The van der Waals surface area contributed by atoms with Gasteiger partial charge in [0.25, 0.3) is 5.91 Å². The van der Waals surface area contributed by atoms with E-state index >= 15 is 0 Å². The van der Waals surface area contributed by atoms with Crippen molar-refractivity contribution < 1.29 is 14.7 Å². The van der Waals surface area contributed by atoms with E-state index in [9.17, 15) is 14.7 Å². The Morgan fingerprint density at radius 1 is 1.22 bits per heavy atom. The highest BCUT2D eigenvalue weighted by molar-refractivity contribution is 5.94. The van der Waals surface area contributed by atoms with Gasteiger partial charge in [0.15, 0.2) is 0 Å². The average Bonchev–Trinajstić information content (AvgIpc) is 2.52. The number of carbonyl (C=O) groups excluding carboxylic acids is 1. The number of carbonyl (C=O) groups is 2. The maximum absolute atomic E-state index is 12.6. The van der Waals surface area contributed by atoms with Crippen molar-refractivity contribution in [1.82, 2.24) is 9.80 Å². The summed E-state index contributed by atoms with van der Waals surface area (Å²) >= 11 is 0. The van der Waals surface area contributed by atoms with Crippen molar-refractivity contribution in [3.63, 3.8) is 0 Å². The monoisotopic (exact) mass is 318 g/mol. The van der Waals surface area contributed by atoms with Crippen molar-refractivity contribution in [1.29, 1.82) is 0 Å². The highest BCUT2D eigenvalue weighted by Gasteiger charge is 2.40. The van der Waals surface area contributed by atoms with Gasteiger partial charge in [-0.1, -0.05) is 39.0 Å². The predicted octanol–water partition coefficient (Wildman–Crippen LogP) is 3.32. The van der Waals surface area contributed by atoms with Crippen molar-refractivity contribution in [2.24, 2.45) is 5.41 Å². The van der Waals surface area contributed by atoms with Crippen LogP contribution in [0, 0.1) is 5.41 Å². The lowest BCUT2D eigenvalue weighted by Gasteiger charge is -2.46. The molecule has 1 saturated heterocycles. The highest BCUT2D eigenvalue weighted by Crippen LogP contribution is 2.33.